The van der Waals surface area contributed by atoms with Crippen LogP contribution in [0.2, 0.25) is 0 Å². The van der Waals surface area contributed by atoms with Gasteiger partial charge in [-0.1, -0.05) is 33.1 Å². The number of sulfonamides is 1. The van der Waals surface area contributed by atoms with E-state index < -0.39 is 15.6 Å². The van der Waals surface area contributed by atoms with Crippen LogP contribution in [-0.2, 0) is 26.2 Å². The molecular formula is C23H36N4O5S. The number of pyridine rings is 1. The van der Waals surface area contributed by atoms with E-state index in [1.54, 1.807) is 18.7 Å². The van der Waals surface area contributed by atoms with Gasteiger partial charge in [0.05, 0.1) is 10.8 Å². The first-order chi connectivity index (χ1) is 15.8. The predicted octanol–water partition coefficient (Wildman–Crippen LogP) is 1.57. The maximum Gasteiger partial charge on any atom is 0.251 e. The zero-order valence-electron chi connectivity index (χ0n) is 19.7. The molecule has 1 unspecified atom stereocenters. The maximum absolute atomic E-state index is 13.0. The van der Waals surface area contributed by atoms with Crippen molar-refractivity contribution in [2.75, 3.05) is 26.2 Å². The molecule has 1 aromatic heterocycles. The number of carbonyl (C=O) groups is 2. The molecule has 1 aromatic rings. The van der Waals surface area contributed by atoms with Crippen LogP contribution in [-0.4, -0.2) is 66.2 Å². The summed E-state index contributed by atoms with van der Waals surface area (Å²) in [5, 5.41) is 3.15. The van der Waals surface area contributed by atoms with E-state index in [2.05, 4.69) is 5.32 Å². The van der Waals surface area contributed by atoms with Crippen LogP contribution in [0.1, 0.15) is 58.8 Å². The number of nitrogens with one attached hydrogen (secondary N) is 1. The van der Waals surface area contributed by atoms with Crippen LogP contribution in [0.15, 0.2) is 28.0 Å². The minimum Gasteiger partial charge on any atom is -0.353 e. The summed E-state index contributed by atoms with van der Waals surface area (Å²) in [5.41, 5.74) is -0.439. The van der Waals surface area contributed by atoms with Crippen molar-refractivity contribution in [1.29, 1.82) is 0 Å². The quantitative estimate of drug-likeness (QED) is 0.608. The van der Waals surface area contributed by atoms with Crippen LogP contribution in [0.3, 0.4) is 0 Å². The number of likely N-dealkylation sites (tertiary alicyclic amines) is 1. The van der Waals surface area contributed by atoms with Crippen LogP contribution in [0.5, 0.6) is 0 Å². The molecule has 0 radical (unpaired) electrons. The molecule has 2 amide bonds. The average molecular weight is 481 g/mol. The topological polar surface area (TPSA) is 109 Å². The number of carbonyl (C=O) groups excluding carboxylic acids is 2. The SMILES string of the molecule is CCN(CC)S(=O)(=O)c1ccc(=O)n(CC(=O)N2CCCC(C(=O)NC3CCCCC3)C2)c1. The van der Waals surface area contributed by atoms with Crippen LogP contribution in [0.4, 0.5) is 0 Å². The summed E-state index contributed by atoms with van der Waals surface area (Å²) in [5.74, 6) is -0.538. The van der Waals surface area contributed by atoms with Gasteiger partial charge in [0.15, 0.2) is 0 Å². The highest BCUT2D eigenvalue weighted by atomic mass is 32.2. The van der Waals surface area contributed by atoms with Gasteiger partial charge in [-0.3, -0.25) is 14.4 Å². The lowest BCUT2D eigenvalue weighted by molar-refractivity contribution is -0.136. The van der Waals surface area contributed by atoms with Gasteiger partial charge in [0.2, 0.25) is 21.8 Å². The molecule has 1 saturated heterocycles. The van der Waals surface area contributed by atoms with Gasteiger partial charge in [0.1, 0.15) is 6.54 Å². The number of rotatable bonds is 8. The lowest BCUT2D eigenvalue weighted by Crippen LogP contribution is -2.48. The summed E-state index contributed by atoms with van der Waals surface area (Å²) >= 11 is 0. The van der Waals surface area contributed by atoms with Gasteiger partial charge in [-0.05, 0) is 31.7 Å². The van der Waals surface area contributed by atoms with Gasteiger partial charge in [0, 0.05) is 44.5 Å². The minimum absolute atomic E-state index is 0.00359. The van der Waals surface area contributed by atoms with E-state index in [0.717, 1.165) is 43.1 Å². The van der Waals surface area contributed by atoms with E-state index in [1.165, 1.54) is 29.1 Å². The first-order valence-corrected chi connectivity index (χ1v) is 13.5. The van der Waals surface area contributed by atoms with E-state index in [0.29, 0.717) is 26.2 Å². The zero-order chi connectivity index (χ0) is 24.0. The Morgan fingerprint density at radius 2 is 1.76 bits per heavy atom. The van der Waals surface area contributed by atoms with Gasteiger partial charge in [-0.25, -0.2) is 8.42 Å². The fourth-order valence-corrected chi connectivity index (χ4v) is 6.21. The Morgan fingerprint density at radius 3 is 2.42 bits per heavy atom. The standard InChI is InChI=1S/C23H36N4O5S/c1-3-27(4-2)33(31,32)20-12-13-21(28)26(16-20)17-22(29)25-14-8-9-18(15-25)23(30)24-19-10-6-5-7-11-19/h12-13,16,18-19H,3-11,14-15,17H2,1-2H3,(H,24,30). The maximum atomic E-state index is 13.0. The molecule has 9 nitrogen and oxygen atoms in total. The smallest absolute Gasteiger partial charge is 0.251 e. The molecule has 3 rings (SSSR count). The van der Waals surface area contributed by atoms with Crippen molar-refractivity contribution in [3.05, 3.63) is 28.7 Å². The molecule has 1 saturated carbocycles. The molecule has 1 N–H and O–H groups in total. The summed E-state index contributed by atoms with van der Waals surface area (Å²) in [4.78, 5) is 39.7. The van der Waals surface area contributed by atoms with Crippen molar-refractivity contribution in [2.45, 2.75) is 76.3 Å². The summed E-state index contributed by atoms with van der Waals surface area (Å²) in [7, 11) is -3.74. The van der Waals surface area contributed by atoms with Crippen molar-refractivity contribution < 1.29 is 18.0 Å². The minimum atomic E-state index is -3.74. The Morgan fingerprint density at radius 1 is 1.06 bits per heavy atom. The van der Waals surface area contributed by atoms with E-state index in [-0.39, 0.29) is 35.2 Å². The third-order valence-corrected chi connectivity index (χ3v) is 8.74. The largest absolute Gasteiger partial charge is 0.353 e. The van der Waals surface area contributed by atoms with Crippen LogP contribution in [0.25, 0.3) is 0 Å². The molecule has 0 bridgehead atoms. The molecule has 184 valence electrons. The average Bonchev–Trinajstić information content (AvgIpc) is 2.81. The summed E-state index contributed by atoms with van der Waals surface area (Å²) in [6.07, 6.45) is 8.21. The van der Waals surface area contributed by atoms with Gasteiger partial charge in [0.25, 0.3) is 5.56 Å². The first kappa shape index (κ1) is 25.4. The van der Waals surface area contributed by atoms with Crippen molar-refractivity contribution in [3.8, 4) is 0 Å². The molecule has 1 aliphatic carbocycles. The Labute approximate surface area is 196 Å². The number of amides is 2. The Balaban J connectivity index is 1.66. The monoisotopic (exact) mass is 480 g/mol. The second kappa shape index (κ2) is 11.3. The molecule has 1 atom stereocenters. The lowest BCUT2D eigenvalue weighted by atomic mass is 9.93. The molecule has 10 heteroatoms. The number of aromatic nitrogens is 1. The number of nitrogens with zero attached hydrogens (tertiary/aromatic N) is 3. The third-order valence-electron chi connectivity index (χ3n) is 6.70. The molecule has 0 aromatic carbocycles. The van der Waals surface area contributed by atoms with Gasteiger partial charge in [-0.15, -0.1) is 0 Å². The van der Waals surface area contributed by atoms with Crippen LogP contribution in [0, 0.1) is 5.92 Å². The van der Waals surface area contributed by atoms with Crippen LogP contribution >= 0.6 is 0 Å². The van der Waals surface area contributed by atoms with E-state index >= 15 is 0 Å². The highest BCUT2D eigenvalue weighted by molar-refractivity contribution is 7.89. The number of hydrogen-bond donors (Lipinski definition) is 1. The molecule has 2 heterocycles. The molecule has 1 aliphatic heterocycles. The highest BCUT2D eigenvalue weighted by Gasteiger charge is 2.30. The van der Waals surface area contributed by atoms with Crippen molar-refractivity contribution in [1.82, 2.24) is 19.1 Å². The van der Waals surface area contributed by atoms with E-state index in [4.69, 9.17) is 0 Å². The van der Waals surface area contributed by atoms with Crippen molar-refractivity contribution in [3.63, 3.8) is 0 Å². The molecule has 2 aliphatic rings. The second-order valence-electron chi connectivity index (χ2n) is 8.94. The third kappa shape index (κ3) is 6.23. The van der Waals surface area contributed by atoms with Crippen molar-refractivity contribution >= 4 is 21.8 Å². The highest BCUT2D eigenvalue weighted by Crippen LogP contribution is 2.21. The second-order valence-corrected chi connectivity index (χ2v) is 10.9. The van der Waals surface area contributed by atoms with Crippen LogP contribution < -0.4 is 10.9 Å². The fourth-order valence-electron chi connectivity index (χ4n) is 4.73. The Kier molecular flexibility index (Phi) is 8.69. The number of hydrogen-bond acceptors (Lipinski definition) is 5. The Hall–Kier alpha value is -2.20. The van der Waals surface area contributed by atoms with E-state index in [9.17, 15) is 22.8 Å². The summed E-state index contributed by atoms with van der Waals surface area (Å²) in [6, 6.07) is 2.69. The normalized spacial score (nSPS) is 20.1. The van der Waals surface area contributed by atoms with E-state index in [1.807, 2.05) is 0 Å². The van der Waals surface area contributed by atoms with Crippen molar-refractivity contribution in [2.24, 2.45) is 5.92 Å². The predicted molar refractivity (Wildman–Crippen MR) is 125 cm³/mol. The summed E-state index contributed by atoms with van der Waals surface area (Å²) < 4.78 is 28.0. The van der Waals surface area contributed by atoms with Gasteiger partial charge in [-0.2, -0.15) is 4.31 Å². The lowest BCUT2D eigenvalue weighted by Gasteiger charge is -2.33. The molecule has 33 heavy (non-hydrogen) atoms. The van der Waals surface area contributed by atoms with Gasteiger partial charge >= 0.3 is 0 Å². The zero-order valence-corrected chi connectivity index (χ0v) is 20.5. The molecular weight excluding hydrogens is 444 g/mol. The number of piperidine rings is 1. The fraction of sp³-hybridized carbons (Fsp3) is 0.696. The Bertz CT molecular complexity index is 996. The first-order valence-electron chi connectivity index (χ1n) is 12.0. The van der Waals surface area contributed by atoms with Gasteiger partial charge < -0.3 is 14.8 Å². The summed E-state index contributed by atoms with van der Waals surface area (Å²) in [6.45, 7) is 4.72. The molecule has 0 spiro atoms. The molecule has 2 fully saturated rings.